The molecule has 3 rings (SSSR count). The molecule has 0 bridgehead atoms. The Morgan fingerprint density at radius 2 is 1.73 bits per heavy atom. The second-order valence-electron chi connectivity index (χ2n) is 6.43. The minimum absolute atomic E-state index is 0.133. The summed E-state index contributed by atoms with van der Waals surface area (Å²) in [5.41, 5.74) is -0.379. The molecule has 0 atom stereocenters. The third-order valence-corrected chi connectivity index (χ3v) is 4.87. The van der Waals surface area contributed by atoms with Crippen LogP contribution in [0.2, 0.25) is 5.02 Å². The van der Waals surface area contributed by atoms with Gasteiger partial charge in [0.1, 0.15) is 5.56 Å². The number of aromatic nitrogens is 2. The van der Waals surface area contributed by atoms with Crippen LogP contribution in [0, 0.1) is 0 Å². The molecule has 0 radical (unpaired) electrons. The van der Waals surface area contributed by atoms with Crippen LogP contribution in [0.25, 0.3) is 0 Å². The predicted molar refractivity (Wildman–Crippen MR) is 117 cm³/mol. The van der Waals surface area contributed by atoms with E-state index in [1.54, 1.807) is 56.3 Å². The second-order valence-corrected chi connectivity index (χ2v) is 6.86. The van der Waals surface area contributed by atoms with Gasteiger partial charge in [-0.1, -0.05) is 41.9 Å². The van der Waals surface area contributed by atoms with Crippen LogP contribution in [-0.4, -0.2) is 26.2 Å². The number of ketones is 1. The van der Waals surface area contributed by atoms with Gasteiger partial charge in [0.2, 0.25) is 5.88 Å². The minimum atomic E-state index is -0.654. The molecule has 0 saturated carbocycles. The first-order chi connectivity index (χ1) is 14.4. The number of rotatable bonds is 6. The molecule has 0 amide bonds. The van der Waals surface area contributed by atoms with E-state index in [0.29, 0.717) is 10.6 Å². The Labute approximate surface area is 177 Å². The summed E-state index contributed by atoms with van der Waals surface area (Å²) in [6.45, 7) is 3.68. The minimum Gasteiger partial charge on any atom is -0.494 e. The van der Waals surface area contributed by atoms with Crippen LogP contribution in [0.4, 0.5) is 5.69 Å². The molecular weight excluding hydrogens is 406 g/mol. The summed E-state index contributed by atoms with van der Waals surface area (Å²) in [6.07, 6.45) is 1.17. The summed E-state index contributed by atoms with van der Waals surface area (Å²) >= 11 is 6.08. The van der Waals surface area contributed by atoms with E-state index in [9.17, 15) is 19.5 Å². The van der Waals surface area contributed by atoms with Crippen LogP contribution < -0.4 is 11.2 Å². The van der Waals surface area contributed by atoms with Crippen molar-refractivity contribution >= 4 is 29.3 Å². The van der Waals surface area contributed by atoms with Crippen LogP contribution in [0.3, 0.4) is 0 Å². The first-order valence-corrected chi connectivity index (χ1v) is 9.76. The molecule has 0 fully saturated rings. The van der Waals surface area contributed by atoms with E-state index in [1.807, 2.05) is 0 Å². The average Bonchev–Trinajstić information content (AvgIpc) is 2.75. The fraction of sp³-hybridized carbons (Fsp3) is 0.182. The first-order valence-electron chi connectivity index (χ1n) is 9.39. The van der Waals surface area contributed by atoms with Crippen molar-refractivity contribution in [1.29, 1.82) is 0 Å². The molecular formula is C22H20ClN3O4. The maximum absolute atomic E-state index is 12.9. The molecule has 154 valence electrons. The monoisotopic (exact) mass is 425 g/mol. The normalized spacial score (nSPS) is 11.2. The Morgan fingerprint density at radius 1 is 1.07 bits per heavy atom. The largest absolute Gasteiger partial charge is 0.494 e. The van der Waals surface area contributed by atoms with Gasteiger partial charge in [0, 0.05) is 35.5 Å². The topological polar surface area (TPSA) is 93.7 Å². The van der Waals surface area contributed by atoms with Crippen molar-refractivity contribution in [2.24, 2.45) is 4.99 Å². The Bertz CT molecular complexity index is 1240. The third-order valence-electron chi connectivity index (χ3n) is 4.64. The molecule has 1 N–H and O–H groups in total. The van der Waals surface area contributed by atoms with Crippen LogP contribution in [0.15, 0.2) is 63.1 Å². The molecule has 0 unspecified atom stereocenters. The fourth-order valence-corrected chi connectivity index (χ4v) is 3.24. The molecule has 7 nitrogen and oxygen atoms in total. The molecule has 1 aromatic heterocycles. The summed E-state index contributed by atoms with van der Waals surface area (Å²) in [6, 6.07) is 13.3. The smallest absolute Gasteiger partial charge is 0.333 e. The van der Waals surface area contributed by atoms with Crippen molar-refractivity contribution in [1.82, 2.24) is 9.13 Å². The molecule has 0 aliphatic rings. The lowest BCUT2D eigenvalue weighted by molar-refractivity contribution is 0.103. The van der Waals surface area contributed by atoms with E-state index >= 15 is 0 Å². The van der Waals surface area contributed by atoms with Gasteiger partial charge < -0.3 is 5.11 Å². The van der Waals surface area contributed by atoms with Gasteiger partial charge >= 0.3 is 5.69 Å². The molecule has 0 aliphatic carbocycles. The lowest BCUT2D eigenvalue weighted by Crippen LogP contribution is -2.41. The number of carbonyl (C=O) groups excluding carboxylic acids is 1. The lowest BCUT2D eigenvalue weighted by Gasteiger charge is -2.11. The van der Waals surface area contributed by atoms with Gasteiger partial charge in [-0.25, -0.2) is 4.79 Å². The van der Waals surface area contributed by atoms with Crippen LogP contribution in [-0.2, 0) is 13.1 Å². The Balaban J connectivity index is 2.14. The van der Waals surface area contributed by atoms with E-state index in [-0.39, 0.29) is 35.7 Å². The summed E-state index contributed by atoms with van der Waals surface area (Å²) < 4.78 is 2.10. The number of carbonyl (C=O) groups is 1. The standard InChI is InChI=1S/C22H20ClN3O4/c1-3-25-20(28)17(21(29)26(4-2)22(25)30)13-24-18-11-10-15(23)12-16(18)19(27)14-8-6-5-7-9-14/h5-13,28H,3-4H2,1-2H3. The first kappa shape index (κ1) is 21.3. The zero-order chi connectivity index (χ0) is 21.8. The summed E-state index contributed by atoms with van der Waals surface area (Å²) in [5, 5.41) is 10.8. The van der Waals surface area contributed by atoms with Crippen molar-refractivity contribution in [2.75, 3.05) is 0 Å². The van der Waals surface area contributed by atoms with Gasteiger partial charge in [0.15, 0.2) is 5.78 Å². The van der Waals surface area contributed by atoms with Gasteiger partial charge in [-0.05, 0) is 32.0 Å². The van der Waals surface area contributed by atoms with E-state index < -0.39 is 17.1 Å². The fourth-order valence-electron chi connectivity index (χ4n) is 3.07. The molecule has 1 heterocycles. The number of aliphatic imine (C=N–C) groups is 1. The summed E-state index contributed by atoms with van der Waals surface area (Å²) in [7, 11) is 0. The predicted octanol–water partition coefficient (Wildman–Crippen LogP) is 3.39. The molecule has 0 spiro atoms. The average molecular weight is 426 g/mol. The van der Waals surface area contributed by atoms with E-state index in [4.69, 9.17) is 11.6 Å². The van der Waals surface area contributed by atoms with Gasteiger partial charge in [-0.2, -0.15) is 0 Å². The maximum atomic E-state index is 12.9. The second kappa shape index (κ2) is 8.92. The quantitative estimate of drug-likeness (QED) is 0.484. The number of nitrogens with zero attached hydrogens (tertiary/aromatic N) is 3. The van der Waals surface area contributed by atoms with E-state index in [2.05, 4.69) is 4.99 Å². The SMILES string of the molecule is CCn1c(O)c(C=Nc2ccc(Cl)cc2C(=O)c2ccccc2)c(=O)n(CC)c1=O. The number of aromatic hydroxyl groups is 1. The highest BCUT2D eigenvalue weighted by molar-refractivity contribution is 6.31. The summed E-state index contributed by atoms with van der Waals surface area (Å²) in [4.78, 5) is 42.1. The van der Waals surface area contributed by atoms with Crippen LogP contribution in [0.1, 0.15) is 35.3 Å². The van der Waals surface area contributed by atoms with Crippen LogP contribution in [0.5, 0.6) is 5.88 Å². The van der Waals surface area contributed by atoms with Crippen molar-refractivity contribution in [3.05, 3.63) is 91.1 Å². The zero-order valence-corrected chi connectivity index (χ0v) is 17.3. The Morgan fingerprint density at radius 3 is 2.37 bits per heavy atom. The van der Waals surface area contributed by atoms with Gasteiger partial charge in [0.05, 0.1) is 5.69 Å². The molecule has 2 aromatic carbocycles. The molecule has 0 saturated heterocycles. The lowest BCUT2D eigenvalue weighted by atomic mass is 10.0. The third kappa shape index (κ3) is 3.97. The van der Waals surface area contributed by atoms with Crippen molar-refractivity contribution in [3.63, 3.8) is 0 Å². The van der Waals surface area contributed by atoms with Gasteiger partial charge in [-0.15, -0.1) is 0 Å². The van der Waals surface area contributed by atoms with Crippen molar-refractivity contribution in [2.45, 2.75) is 26.9 Å². The Hall–Kier alpha value is -3.45. The highest BCUT2D eigenvalue weighted by Gasteiger charge is 2.17. The van der Waals surface area contributed by atoms with Crippen molar-refractivity contribution in [3.8, 4) is 5.88 Å². The molecule has 3 aromatic rings. The number of hydrogen-bond donors (Lipinski definition) is 1. The number of halogens is 1. The highest BCUT2D eigenvalue weighted by atomic mass is 35.5. The molecule has 30 heavy (non-hydrogen) atoms. The van der Waals surface area contributed by atoms with E-state index in [0.717, 1.165) is 9.13 Å². The van der Waals surface area contributed by atoms with Crippen LogP contribution >= 0.6 is 11.6 Å². The van der Waals surface area contributed by atoms with Gasteiger partial charge in [0.25, 0.3) is 5.56 Å². The highest BCUT2D eigenvalue weighted by Crippen LogP contribution is 2.26. The van der Waals surface area contributed by atoms with E-state index in [1.165, 1.54) is 12.3 Å². The maximum Gasteiger partial charge on any atom is 0.333 e. The molecule has 8 heteroatoms. The summed E-state index contributed by atoms with van der Waals surface area (Å²) in [5.74, 6) is -0.746. The van der Waals surface area contributed by atoms with Crippen molar-refractivity contribution < 1.29 is 9.90 Å². The number of hydrogen-bond acceptors (Lipinski definition) is 5. The van der Waals surface area contributed by atoms with Gasteiger partial charge in [-0.3, -0.25) is 23.7 Å². The Kier molecular flexibility index (Phi) is 6.32. The molecule has 0 aliphatic heterocycles. The zero-order valence-electron chi connectivity index (χ0n) is 16.5. The number of benzene rings is 2.